The molecule has 0 aliphatic heterocycles. The predicted octanol–water partition coefficient (Wildman–Crippen LogP) is 2.83. The summed E-state index contributed by atoms with van der Waals surface area (Å²) in [4.78, 5) is 14.0. The summed E-state index contributed by atoms with van der Waals surface area (Å²) in [5.41, 5.74) is 0.569. The topological polar surface area (TPSA) is 29.5 Å². The molecular weight excluding hydrogens is 238 g/mol. The maximum Gasteiger partial charge on any atom is 0.257 e. The normalized spacial score (nSPS) is 14.5. The van der Waals surface area contributed by atoms with E-state index in [2.05, 4.69) is 0 Å². The molecular formula is C13H16ClNO2. The molecule has 1 aliphatic rings. The Bertz CT molecular complexity index is 429. The lowest BCUT2D eigenvalue weighted by Crippen LogP contribution is -2.29. The highest BCUT2D eigenvalue weighted by Crippen LogP contribution is 2.30. The number of benzene rings is 1. The van der Waals surface area contributed by atoms with E-state index in [1.807, 2.05) is 7.05 Å². The van der Waals surface area contributed by atoms with Gasteiger partial charge in [0.2, 0.25) is 0 Å². The third-order valence-electron chi connectivity index (χ3n) is 2.97. The first-order valence-electron chi connectivity index (χ1n) is 5.71. The minimum atomic E-state index is -0.00887. The number of carbonyl (C=O) groups is 1. The van der Waals surface area contributed by atoms with Crippen molar-refractivity contribution in [3.05, 3.63) is 28.8 Å². The van der Waals surface area contributed by atoms with Crippen molar-refractivity contribution < 1.29 is 9.53 Å². The Morgan fingerprint density at radius 2 is 2.24 bits per heavy atom. The fourth-order valence-corrected chi connectivity index (χ4v) is 1.98. The molecule has 92 valence electrons. The molecule has 1 aromatic rings. The maximum absolute atomic E-state index is 12.2. The van der Waals surface area contributed by atoms with Crippen molar-refractivity contribution in [2.45, 2.75) is 12.8 Å². The van der Waals surface area contributed by atoms with E-state index in [-0.39, 0.29) is 5.91 Å². The number of carbonyl (C=O) groups excluding carboxylic acids is 1. The number of rotatable bonds is 4. The lowest BCUT2D eigenvalue weighted by molar-refractivity contribution is 0.0785. The van der Waals surface area contributed by atoms with Crippen molar-refractivity contribution in [3.63, 3.8) is 0 Å². The predicted molar refractivity (Wildman–Crippen MR) is 67.7 cm³/mol. The van der Waals surface area contributed by atoms with Gasteiger partial charge in [-0.3, -0.25) is 4.79 Å². The Hall–Kier alpha value is -1.22. The molecule has 0 unspecified atom stereocenters. The fourth-order valence-electron chi connectivity index (χ4n) is 1.82. The van der Waals surface area contributed by atoms with Crippen LogP contribution in [0.25, 0.3) is 0 Å². The van der Waals surface area contributed by atoms with Crippen LogP contribution in [0.2, 0.25) is 5.02 Å². The molecule has 0 atom stereocenters. The fraction of sp³-hybridized carbons (Fsp3) is 0.462. The van der Waals surface area contributed by atoms with Crippen LogP contribution in [-0.4, -0.2) is 31.5 Å². The number of amides is 1. The van der Waals surface area contributed by atoms with E-state index in [0.717, 1.165) is 6.54 Å². The summed E-state index contributed by atoms with van der Waals surface area (Å²) in [6, 6.07) is 5.09. The van der Waals surface area contributed by atoms with Gasteiger partial charge in [0.15, 0.2) is 0 Å². The lowest BCUT2D eigenvalue weighted by atomic mass is 10.1. The van der Waals surface area contributed by atoms with Gasteiger partial charge in [-0.1, -0.05) is 11.6 Å². The van der Waals surface area contributed by atoms with Crippen LogP contribution < -0.4 is 4.74 Å². The molecule has 2 rings (SSSR count). The molecule has 0 saturated heterocycles. The average molecular weight is 254 g/mol. The Labute approximate surface area is 106 Å². The van der Waals surface area contributed by atoms with Crippen LogP contribution in [0.15, 0.2) is 18.2 Å². The zero-order valence-corrected chi connectivity index (χ0v) is 10.8. The highest BCUT2D eigenvalue weighted by molar-refractivity contribution is 6.30. The summed E-state index contributed by atoms with van der Waals surface area (Å²) >= 11 is 5.87. The standard InChI is InChI=1S/C13H16ClNO2/c1-15(8-9-3-4-9)13(16)11-6-5-10(14)7-12(11)17-2/h5-7,9H,3-4,8H2,1-2H3. The second-order valence-corrected chi connectivity index (χ2v) is 4.91. The van der Waals surface area contributed by atoms with Crippen molar-refractivity contribution in [2.24, 2.45) is 5.92 Å². The third-order valence-corrected chi connectivity index (χ3v) is 3.20. The van der Waals surface area contributed by atoms with Crippen LogP contribution in [0, 0.1) is 5.92 Å². The van der Waals surface area contributed by atoms with Crippen LogP contribution in [0.1, 0.15) is 23.2 Å². The Balaban J connectivity index is 2.16. The SMILES string of the molecule is COc1cc(Cl)ccc1C(=O)N(C)CC1CC1. The van der Waals surface area contributed by atoms with Crippen LogP contribution in [-0.2, 0) is 0 Å². The van der Waals surface area contributed by atoms with Gasteiger partial charge in [-0.25, -0.2) is 0 Å². The zero-order chi connectivity index (χ0) is 12.4. The number of ether oxygens (including phenoxy) is 1. The summed E-state index contributed by atoms with van der Waals surface area (Å²) in [5.74, 6) is 1.21. The molecule has 0 radical (unpaired) electrons. The van der Waals surface area contributed by atoms with Crippen molar-refractivity contribution in [1.29, 1.82) is 0 Å². The zero-order valence-electron chi connectivity index (χ0n) is 10.1. The molecule has 0 aromatic heterocycles. The molecule has 0 heterocycles. The van der Waals surface area contributed by atoms with E-state index in [1.54, 1.807) is 30.2 Å². The van der Waals surface area contributed by atoms with E-state index in [4.69, 9.17) is 16.3 Å². The van der Waals surface area contributed by atoms with Gasteiger partial charge in [-0.2, -0.15) is 0 Å². The first-order valence-corrected chi connectivity index (χ1v) is 6.08. The van der Waals surface area contributed by atoms with Gasteiger partial charge in [0, 0.05) is 18.6 Å². The highest BCUT2D eigenvalue weighted by Gasteiger charge is 2.26. The molecule has 0 spiro atoms. The van der Waals surface area contributed by atoms with Gasteiger partial charge in [0.25, 0.3) is 5.91 Å². The van der Waals surface area contributed by atoms with Gasteiger partial charge in [0.05, 0.1) is 12.7 Å². The van der Waals surface area contributed by atoms with Crippen molar-refractivity contribution in [3.8, 4) is 5.75 Å². The van der Waals surface area contributed by atoms with Crippen molar-refractivity contribution in [2.75, 3.05) is 20.7 Å². The number of hydrogen-bond donors (Lipinski definition) is 0. The van der Waals surface area contributed by atoms with E-state index in [9.17, 15) is 4.79 Å². The third kappa shape index (κ3) is 2.91. The average Bonchev–Trinajstić information content (AvgIpc) is 3.11. The Kier molecular flexibility index (Phi) is 3.57. The molecule has 1 aliphatic carbocycles. The number of hydrogen-bond acceptors (Lipinski definition) is 2. The first kappa shape index (κ1) is 12.2. The smallest absolute Gasteiger partial charge is 0.257 e. The minimum absolute atomic E-state index is 0.00887. The van der Waals surface area contributed by atoms with E-state index >= 15 is 0 Å². The number of methoxy groups -OCH3 is 1. The van der Waals surface area contributed by atoms with Crippen molar-refractivity contribution in [1.82, 2.24) is 4.90 Å². The largest absolute Gasteiger partial charge is 0.496 e. The van der Waals surface area contributed by atoms with Crippen molar-refractivity contribution >= 4 is 17.5 Å². The number of nitrogens with zero attached hydrogens (tertiary/aromatic N) is 1. The monoisotopic (exact) mass is 253 g/mol. The Morgan fingerprint density at radius 1 is 1.53 bits per heavy atom. The molecule has 4 heteroatoms. The second-order valence-electron chi connectivity index (χ2n) is 4.47. The van der Waals surface area contributed by atoms with Gasteiger partial charge < -0.3 is 9.64 Å². The Morgan fingerprint density at radius 3 is 2.82 bits per heavy atom. The molecule has 17 heavy (non-hydrogen) atoms. The highest BCUT2D eigenvalue weighted by atomic mass is 35.5. The minimum Gasteiger partial charge on any atom is -0.496 e. The van der Waals surface area contributed by atoms with Crippen LogP contribution >= 0.6 is 11.6 Å². The van der Waals surface area contributed by atoms with E-state index < -0.39 is 0 Å². The molecule has 1 saturated carbocycles. The summed E-state index contributed by atoms with van der Waals surface area (Å²) in [5, 5.41) is 0.572. The maximum atomic E-state index is 12.2. The first-order chi connectivity index (χ1) is 8.11. The van der Waals surface area contributed by atoms with Gasteiger partial charge in [-0.05, 0) is 37.0 Å². The summed E-state index contributed by atoms with van der Waals surface area (Å²) in [6.07, 6.45) is 2.46. The molecule has 1 aromatic carbocycles. The molecule has 3 nitrogen and oxygen atoms in total. The quantitative estimate of drug-likeness (QED) is 0.826. The van der Waals surface area contributed by atoms with Crippen LogP contribution in [0.4, 0.5) is 0 Å². The van der Waals surface area contributed by atoms with Gasteiger partial charge >= 0.3 is 0 Å². The number of halogens is 1. The lowest BCUT2D eigenvalue weighted by Gasteiger charge is -2.18. The van der Waals surface area contributed by atoms with E-state index in [1.165, 1.54) is 12.8 Å². The van der Waals surface area contributed by atoms with Crippen LogP contribution in [0.5, 0.6) is 5.75 Å². The molecule has 1 amide bonds. The summed E-state index contributed by atoms with van der Waals surface area (Å²) in [7, 11) is 3.37. The molecule has 1 fully saturated rings. The molecule has 0 bridgehead atoms. The second kappa shape index (κ2) is 4.96. The van der Waals surface area contributed by atoms with Gasteiger partial charge in [0.1, 0.15) is 5.75 Å². The summed E-state index contributed by atoms with van der Waals surface area (Å²) < 4.78 is 5.19. The van der Waals surface area contributed by atoms with Crippen LogP contribution in [0.3, 0.4) is 0 Å². The molecule has 0 N–H and O–H groups in total. The van der Waals surface area contributed by atoms with Gasteiger partial charge in [-0.15, -0.1) is 0 Å². The van der Waals surface area contributed by atoms with E-state index in [0.29, 0.717) is 22.3 Å². The summed E-state index contributed by atoms with van der Waals surface area (Å²) in [6.45, 7) is 0.824.